The molecule has 1 aromatic heterocycles. The molecule has 0 aromatic carbocycles. The van der Waals surface area contributed by atoms with E-state index in [0.29, 0.717) is 0 Å². The van der Waals surface area contributed by atoms with Crippen molar-refractivity contribution in [1.82, 2.24) is 14.9 Å². The van der Waals surface area contributed by atoms with E-state index in [-0.39, 0.29) is 5.54 Å². The zero-order valence-corrected chi connectivity index (χ0v) is 12.3. The molecular formula is C15H27N3. The first-order valence-corrected chi connectivity index (χ1v) is 7.27. The largest absolute Gasteiger partial charge is 0.332 e. The van der Waals surface area contributed by atoms with Gasteiger partial charge in [0.1, 0.15) is 5.82 Å². The maximum atomic E-state index is 4.72. The third-order valence-electron chi connectivity index (χ3n) is 3.64. The van der Waals surface area contributed by atoms with E-state index in [4.69, 9.17) is 4.98 Å². The molecule has 0 unspecified atom stereocenters. The molecule has 0 saturated carbocycles. The molecule has 0 saturated heterocycles. The summed E-state index contributed by atoms with van der Waals surface area (Å²) >= 11 is 0. The van der Waals surface area contributed by atoms with Crippen LogP contribution in [0.25, 0.3) is 0 Å². The van der Waals surface area contributed by atoms with E-state index >= 15 is 0 Å². The highest BCUT2D eigenvalue weighted by atomic mass is 15.1. The Bertz CT molecular complexity index is 399. The summed E-state index contributed by atoms with van der Waals surface area (Å²) in [6, 6.07) is 0. The lowest BCUT2D eigenvalue weighted by atomic mass is 10.0. The Balaban J connectivity index is 1.91. The highest BCUT2D eigenvalue weighted by Gasteiger charge is 2.17. The molecule has 0 fully saturated rings. The summed E-state index contributed by atoms with van der Waals surface area (Å²) < 4.78 is 2.44. The van der Waals surface area contributed by atoms with Gasteiger partial charge in [-0.05, 0) is 66.3 Å². The first-order valence-electron chi connectivity index (χ1n) is 7.27. The van der Waals surface area contributed by atoms with E-state index in [2.05, 4.69) is 37.6 Å². The summed E-state index contributed by atoms with van der Waals surface area (Å²) in [6.07, 6.45) is 6.24. The number of hydrogen-bond donors (Lipinski definition) is 1. The van der Waals surface area contributed by atoms with Gasteiger partial charge in [0.05, 0.1) is 5.69 Å². The fraction of sp³-hybridized carbons (Fsp3) is 0.800. The number of aromatic nitrogens is 2. The van der Waals surface area contributed by atoms with E-state index in [9.17, 15) is 0 Å². The molecule has 0 bridgehead atoms. The first-order chi connectivity index (χ1) is 8.47. The van der Waals surface area contributed by atoms with Crippen LogP contribution in [0.15, 0.2) is 0 Å². The lowest BCUT2D eigenvalue weighted by Crippen LogP contribution is -2.36. The van der Waals surface area contributed by atoms with Crippen LogP contribution in [0.3, 0.4) is 0 Å². The number of nitrogens with one attached hydrogen (secondary N) is 1. The molecule has 0 spiro atoms. The zero-order valence-electron chi connectivity index (χ0n) is 12.3. The molecule has 1 aliphatic carbocycles. The van der Waals surface area contributed by atoms with Gasteiger partial charge < -0.3 is 9.88 Å². The fourth-order valence-corrected chi connectivity index (χ4v) is 2.73. The third-order valence-corrected chi connectivity index (χ3v) is 3.64. The minimum absolute atomic E-state index is 0.226. The van der Waals surface area contributed by atoms with Crippen molar-refractivity contribution >= 4 is 0 Å². The molecule has 0 atom stereocenters. The van der Waals surface area contributed by atoms with Crippen LogP contribution in [-0.2, 0) is 19.4 Å². The lowest BCUT2D eigenvalue weighted by Gasteiger charge is -2.21. The molecule has 0 amide bonds. The van der Waals surface area contributed by atoms with Gasteiger partial charge in [-0.1, -0.05) is 0 Å². The number of nitrogens with zero attached hydrogens (tertiary/aromatic N) is 2. The van der Waals surface area contributed by atoms with Crippen LogP contribution >= 0.6 is 0 Å². The second-order valence-electron chi connectivity index (χ2n) is 6.44. The van der Waals surface area contributed by atoms with Crippen molar-refractivity contribution in [1.29, 1.82) is 0 Å². The lowest BCUT2D eigenvalue weighted by molar-refractivity contribution is 0.411. The predicted octanol–water partition coefficient (Wildman–Crippen LogP) is 2.85. The summed E-state index contributed by atoms with van der Waals surface area (Å²) in [6.45, 7) is 11.0. The molecule has 102 valence electrons. The molecule has 1 heterocycles. The quantitative estimate of drug-likeness (QED) is 0.832. The van der Waals surface area contributed by atoms with Gasteiger partial charge >= 0.3 is 0 Å². The maximum absolute atomic E-state index is 4.72. The molecular weight excluding hydrogens is 222 g/mol. The second-order valence-corrected chi connectivity index (χ2v) is 6.44. The van der Waals surface area contributed by atoms with E-state index in [0.717, 1.165) is 13.1 Å². The summed E-state index contributed by atoms with van der Waals surface area (Å²) in [5.41, 5.74) is 3.10. The molecule has 0 aliphatic heterocycles. The van der Waals surface area contributed by atoms with Gasteiger partial charge in [0.25, 0.3) is 0 Å². The highest BCUT2D eigenvalue weighted by molar-refractivity contribution is 5.19. The van der Waals surface area contributed by atoms with Crippen LogP contribution in [0.4, 0.5) is 0 Å². The zero-order chi connectivity index (χ0) is 13.2. The van der Waals surface area contributed by atoms with Crippen LogP contribution < -0.4 is 5.32 Å². The van der Waals surface area contributed by atoms with E-state index in [1.54, 1.807) is 0 Å². The van der Waals surface area contributed by atoms with Crippen molar-refractivity contribution in [3.8, 4) is 0 Å². The van der Waals surface area contributed by atoms with Gasteiger partial charge in [-0.2, -0.15) is 0 Å². The standard InChI is InChI=1S/C15H27N3/c1-12-17-13-8-5-6-9-14(13)18(12)11-7-10-16-15(2,3)4/h16H,5-11H2,1-4H3. The molecule has 3 heteroatoms. The molecule has 2 rings (SSSR count). The SMILES string of the molecule is Cc1nc2c(n1CCCNC(C)(C)C)CCCC2. The van der Waals surface area contributed by atoms with Crippen molar-refractivity contribution < 1.29 is 0 Å². The molecule has 1 aromatic rings. The van der Waals surface area contributed by atoms with Gasteiger partial charge in [-0.3, -0.25) is 0 Å². The Morgan fingerprint density at radius 3 is 2.67 bits per heavy atom. The van der Waals surface area contributed by atoms with Gasteiger partial charge in [0.15, 0.2) is 0 Å². The van der Waals surface area contributed by atoms with E-state index in [1.807, 2.05) is 0 Å². The second kappa shape index (κ2) is 5.43. The monoisotopic (exact) mass is 249 g/mol. The molecule has 3 nitrogen and oxygen atoms in total. The Hall–Kier alpha value is -0.830. The minimum atomic E-state index is 0.226. The van der Waals surface area contributed by atoms with Crippen molar-refractivity contribution in [3.63, 3.8) is 0 Å². The van der Waals surface area contributed by atoms with Gasteiger partial charge in [-0.25, -0.2) is 4.98 Å². The van der Waals surface area contributed by atoms with Gasteiger partial charge in [-0.15, -0.1) is 0 Å². The third kappa shape index (κ3) is 3.35. The average molecular weight is 249 g/mol. The van der Waals surface area contributed by atoms with Crippen LogP contribution in [0.1, 0.15) is 57.2 Å². The van der Waals surface area contributed by atoms with Crippen molar-refractivity contribution in [2.45, 2.75) is 71.9 Å². The topological polar surface area (TPSA) is 29.9 Å². The summed E-state index contributed by atoms with van der Waals surface area (Å²) in [7, 11) is 0. The number of hydrogen-bond acceptors (Lipinski definition) is 2. The van der Waals surface area contributed by atoms with Crippen LogP contribution in [0, 0.1) is 6.92 Å². The van der Waals surface area contributed by atoms with Crippen molar-refractivity contribution in [2.24, 2.45) is 0 Å². The molecule has 18 heavy (non-hydrogen) atoms. The normalized spacial score (nSPS) is 15.8. The Morgan fingerprint density at radius 1 is 1.22 bits per heavy atom. The Kier molecular flexibility index (Phi) is 4.10. The van der Waals surface area contributed by atoms with Gasteiger partial charge in [0.2, 0.25) is 0 Å². The average Bonchev–Trinajstić information content (AvgIpc) is 2.59. The van der Waals surface area contributed by atoms with Crippen LogP contribution in [-0.4, -0.2) is 21.6 Å². The van der Waals surface area contributed by atoms with Gasteiger partial charge in [0, 0.05) is 17.8 Å². The maximum Gasteiger partial charge on any atom is 0.106 e. The predicted molar refractivity (Wildman–Crippen MR) is 76.0 cm³/mol. The van der Waals surface area contributed by atoms with E-state index < -0.39 is 0 Å². The first kappa shape index (κ1) is 13.6. The summed E-state index contributed by atoms with van der Waals surface area (Å²) in [5, 5.41) is 3.55. The van der Waals surface area contributed by atoms with Crippen LogP contribution in [0.2, 0.25) is 0 Å². The Labute approximate surface area is 111 Å². The molecule has 0 radical (unpaired) electrons. The molecule has 1 N–H and O–H groups in total. The fourth-order valence-electron chi connectivity index (χ4n) is 2.73. The smallest absolute Gasteiger partial charge is 0.106 e. The van der Waals surface area contributed by atoms with Crippen LogP contribution in [0.5, 0.6) is 0 Å². The molecule has 1 aliphatic rings. The number of imidazole rings is 1. The van der Waals surface area contributed by atoms with Crippen molar-refractivity contribution in [2.75, 3.05) is 6.54 Å². The summed E-state index contributed by atoms with van der Waals surface area (Å²) in [5.74, 6) is 1.21. The van der Waals surface area contributed by atoms with E-state index in [1.165, 1.54) is 49.3 Å². The number of rotatable bonds is 4. The van der Waals surface area contributed by atoms with Crippen molar-refractivity contribution in [3.05, 3.63) is 17.2 Å². The number of fused-ring (bicyclic) bond motifs is 1. The highest BCUT2D eigenvalue weighted by Crippen LogP contribution is 2.22. The Morgan fingerprint density at radius 2 is 1.94 bits per heavy atom. The minimum Gasteiger partial charge on any atom is -0.332 e. The number of aryl methyl sites for hydroxylation is 2. The summed E-state index contributed by atoms with van der Waals surface area (Å²) in [4.78, 5) is 4.72.